The molecule has 5 heteroatoms. The minimum Gasteiger partial charge on any atom is -0.477 e. The molecule has 2 rings (SSSR count). The summed E-state index contributed by atoms with van der Waals surface area (Å²) in [4.78, 5) is 28.2. The van der Waals surface area contributed by atoms with Crippen LogP contribution in [0.2, 0.25) is 0 Å². The van der Waals surface area contributed by atoms with E-state index in [0.717, 1.165) is 12.5 Å². The van der Waals surface area contributed by atoms with E-state index in [9.17, 15) is 9.59 Å². The summed E-state index contributed by atoms with van der Waals surface area (Å²) < 4.78 is 0. The molecule has 0 saturated heterocycles. The molecular formula is C9H10N2O3. The molecule has 2 N–H and O–H groups in total. The molecule has 1 aliphatic rings. The van der Waals surface area contributed by atoms with E-state index in [1.807, 2.05) is 6.92 Å². The Kier molecular flexibility index (Phi) is 1.87. The second kappa shape index (κ2) is 2.94. The van der Waals surface area contributed by atoms with Crippen LogP contribution in [0.1, 0.15) is 35.6 Å². The molecule has 1 aromatic rings. The van der Waals surface area contributed by atoms with Gasteiger partial charge in [0, 0.05) is 12.0 Å². The van der Waals surface area contributed by atoms with Gasteiger partial charge in [-0.15, -0.1) is 0 Å². The normalized spacial score (nSPS) is 24.6. The van der Waals surface area contributed by atoms with E-state index in [4.69, 9.17) is 5.11 Å². The van der Waals surface area contributed by atoms with Crippen LogP contribution in [0.3, 0.4) is 0 Å². The van der Waals surface area contributed by atoms with Gasteiger partial charge in [-0.25, -0.2) is 9.78 Å². The molecule has 0 aromatic carbocycles. The highest BCUT2D eigenvalue weighted by molar-refractivity contribution is 5.85. The van der Waals surface area contributed by atoms with Crippen molar-refractivity contribution in [3.8, 4) is 0 Å². The Morgan fingerprint density at radius 1 is 1.71 bits per heavy atom. The van der Waals surface area contributed by atoms with Crippen LogP contribution >= 0.6 is 0 Å². The third kappa shape index (κ3) is 1.53. The van der Waals surface area contributed by atoms with Crippen LogP contribution < -0.4 is 5.56 Å². The monoisotopic (exact) mass is 194 g/mol. The molecule has 1 aromatic heterocycles. The van der Waals surface area contributed by atoms with Gasteiger partial charge in [-0.2, -0.15) is 0 Å². The Hall–Kier alpha value is -1.65. The molecule has 0 amide bonds. The Bertz CT molecular complexity index is 438. The zero-order valence-electron chi connectivity index (χ0n) is 7.65. The van der Waals surface area contributed by atoms with E-state index < -0.39 is 11.5 Å². The van der Waals surface area contributed by atoms with E-state index >= 15 is 0 Å². The van der Waals surface area contributed by atoms with Gasteiger partial charge in [0.25, 0.3) is 5.56 Å². The maximum absolute atomic E-state index is 11.1. The van der Waals surface area contributed by atoms with Crippen molar-refractivity contribution in [1.29, 1.82) is 0 Å². The average Bonchev–Trinajstić information content (AvgIpc) is 2.81. The summed E-state index contributed by atoms with van der Waals surface area (Å²) in [7, 11) is 0. The molecule has 0 spiro atoms. The predicted molar refractivity (Wildman–Crippen MR) is 48.3 cm³/mol. The second-order valence-corrected chi connectivity index (χ2v) is 3.64. The molecule has 0 radical (unpaired) electrons. The first-order valence-corrected chi connectivity index (χ1v) is 4.42. The van der Waals surface area contributed by atoms with Gasteiger partial charge in [-0.05, 0) is 12.3 Å². The quantitative estimate of drug-likeness (QED) is 0.721. The van der Waals surface area contributed by atoms with E-state index in [0.29, 0.717) is 11.7 Å². The Balaban J connectivity index is 2.42. The number of aromatic carboxylic acids is 1. The fraction of sp³-hybridized carbons (Fsp3) is 0.444. The molecular weight excluding hydrogens is 184 g/mol. The summed E-state index contributed by atoms with van der Waals surface area (Å²) in [6.45, 7) is 2.04. The Morgan fingerprint density at radius 3 is 2.86 bits per heavy atom. The maximum atomic E-state index is 11.1. The number of carboxylic acids is 1. The molecule has 1 aliphatic carbocycles. The fourth-order valence-corrected chi connectivity index (χ4v) is 1.46. The van der Waals surface area contributed by atoms with Gasteiger partial charge in [-0.3, -0.25) is 4.79 Å². The lowest BCUT2D eigenvalue weighted by Crippen LogP contribution is -2.15. The molecule has 1 fully saturated rings. The second-order valence-electron chi connectivity index (χ2n) is 3.64. The summed E-state index contributed by atoms with van der Waals surface area (Å²) >= 11 is 0. The van der Waals surface area contributed by atoms with E-state index in [1.54, 1.807) is 0 Å². The zero-order valence-corrected chi connectivity index (χ0v) is 7.65. The third-order valence-corrected chi connectivity index (χ3v) is 2.44. The lowest BCUT2D eigenvalue weighted by molar-refractivity contribution is 0.0689. The average molecular weight is 194 g/mol. The van der Waals surface area contributed by atoms with Crippen molar-refractivity contribution in [2.24, 2.45) is 5.92 Å². The van der Waals surface area contributed by atoms with Gasteiger partial charge in [0.15, 0.2) is 5.69 Å². The largest absolute Gasteiger partial charge is 0.477 e. The van der Waals surface area contributed by atoms with Crippen molar-refractivity contribution in [3.63, 3.8) is 0 Å². The van der Waals surface area contributed by atoms with Crippen molar-refractivity contribution in [3.05, 3.63) is 27.9 Å². The molecule has 14 heavy (non-hydrogen) atoms. The van der Waals surface area contributed by atoms with E-state index in [2.05, 4.69) is 9.97 Å². The summed E-state index contributed by atoms with van der Waals surface area (Å²) in [5.41, 5.74) is -0.575. The lowest BCUT2D eigenvalue weighted by Gasteiger charge is -1.98. The summed E-state index contributed by atoms with van der Waals surface area (Å²) in [6.07, 6.45) is 0.964. The molecule has 0 bridgehead atoms. The number of hydrogen-bond acceptors (Lipinski definition) is 3. The minimum atomic E-state index is -1.16. The van der Waals surface area contributed by atoms with Crippen LogP contribution in [-0.4, -0.2) is 21.0 Å². The first-order chi connectivity index (χ1) is 6.58. The molecule has 1 heterocycles. The molecule has 0 unspecified atom stereocenters. The standard InChI is InChI=1S/C9H10N2O3/c1-4-2-5(4)8-10-6(9(13)14)3-7(12)11-8/h3-5H,2H2,1H3,(H,13,14)(H,10,11,12)/t4-,5+/m1/s1. The van der Waals surface area contributed by atoms with Crippen LogP contribution in [0.4, 0.5) is 0 Å². The van der Waals surface area contributed by atoms with Gasteiger partial charge in [0.05, 0.1) is 0 Å². The van der Waals surface area contributed by atoms with Crippen LogP contribution in [0.5, 0.6) is 0 Å². The van der Waals surface area contributed by atoms with E-state index in [-0.39, 0.29) is 11.6 Å². The van der Waals surface area contributed by atoms with E-state index in [1.165, 1.54) is 0 Å². The van der Waals surface area contributed by atoms with Gasteiger partial charge in [0.1, 0.15) is 5.82 Å². The lowest BCUT2D eigenvalue weighted by atomic mass is 10.3. The smallest absolute Gasteiger partial charge is 0.354 e. The topological polar surface area (TPSA) is 83.0 Å². The predicted octanol–water partition coefficient (Wildman–Crippen LogP) is 0.591. The van der Waals surface area contributed by atoms with Crippen molar-refractivity contribution < 1.29 is 9.90 Å². The SMILES string of the molecule is C[C@@H]1C[C@@H]1c1nc(C(=O)O)cc(=O)[nH]1. The highest BCUT2D eigenvalue weighted by Gasteiger charge is 2.36. The summed E-state index contributed by atoms with van der Waals surface area (Å²) in [5, 5.41) is 8.69. The number of carboxylic acid groups (broad SMARTS) is 1. The highest BCUT2D eigenvalue weighted by Crippen LogP contribution is 2.44. The van der Waals surface area contributed by atoms with Crippen molar-refractivity contribution in [1.82, 2.24) is 9.97 Å². The van der Waals surface area contributed by atoms with Crippen LogP contribution in [0, 0.1) is 5.92 Å². The highest BCUT2D eigenvalue weighted by atomic mass is 16.4. The molecule has 74 valence electrons. The molecule has 0 aliphatic heterocycles. The van der Waals surface area contributed by atoms with Crippen molar-refractivity contribution in [2.75, 3.05) is 0 Å². The third-order valence-electron chi connectivity index (χ3n) is 2.44. The van der Waals surface area contributed by atoms with Crippen LogP contribution in [0.15, 0.2) is 10.9 Å². The Morgan fingerprint density at radius 2 is 2.36 bits per heavy atom. The number of rotatable bonds is 2. The van der Waals surface area contributed by atoms with Gasteiger partial charge >= 0.3 is 5.97 Å². The van der Waals surface area contributed by atoms with Crippen LogP contribution in [0.25, 0.3) is 0 Å². The Labute approximate surface area is 79.8 Å². The summed E-state index contributed by atoms with van der Waals surface area (Å²) in [5.74, 6) is 0.0530. The number of H-pyrrole nitrogens is 1. The van der Waals surface area contributed by atoms with Crippen molar-refractivity contribution >= 4 is 5.97 Å². The molecule has 5 nitrogen and oxygen atoms in total. The van der Waals surface area contributed by atoms with Crippen molar-refractivity contribution in [2.45, 2.75) is 19.3 Å². The number of nitrogens with one attached hydrogen (secondary N) is 1. The molecule has 1 saturated carbocycles. The number of aromatic amines is 1. The maximum Gasteiger partial charge on any atom is 0.354 e. The summed E-state index contributed by atoms with van der Waals surface area (Å²) in [6, 6.07) is 0.999. The minimum absolute atomic E-state index is 0.178. The number of hydrogen-bond donors (Lipinski definition) is 2. The fourth-order valence-electron chi connectivity index (χ4n) is 1.46. The number of carbonyl (C=O) groups is 1. The number of aromatic nitrogens is 2. The number of nitrogens with zero attached hydrogens (tertiary/aromatic N) is 1. The molecule has 2 atom stereocenters. The van der Waals surface area contributed by atoms with Gasteiger partial charge in [0.2, 0.25) is 0 Å². The zero-order chi connectivity index (χ0) is 10.3. The first kappa shape index (κ1) is 8.93. The first-order valence-electron chi connectivity index (χ1n) is 4.42. The van der Waals surface area contributed by atoms with Gasteiger partial charge in [-0.1, -0.05) is 6.92 Å². The van der Waals surface area contributed by atoms with Gasteiger partial charge < -0.3 is 10.1 Å². The van der Waals surface area contributed by atoms with Crippen LogP contribution in [-0.2, 0) is 0 Å².